The Hall–Kier alpha value is -1.91. The number of carbonyl (C=O) groups excluding carboxylic acids is 1. The second-order valence-electron chi connectivity index (χ2n) is 5.77. The third-order valence-corrected chi connectivity index (χ3v) is 3.24. The van der Waals surface area contributed by atoms with Crippen molar-refractivity contribution in [3.63, 3.8) is 0 Å². The molecular formula is C16H22FNO3. The van der Waals surface area contributed by atoms with E-state index in [1.165, 1.54) is 18.2 Å². The quantitative estimate of drug-likeness (QED) is 0.812. The van der Waals surface area contributed by atoms with Gasteiger partial charge in [0.2, 0.25) is 0 Å². The second-order valence-corrected chi connectivity index (χ2v) is 5.77. The zero-order valence-electron chi connectivity index (χ0n) is 12.6. The second kappa shape index (κ2) is 7.76. The van der Waals surface area contributed by atoms with Gasteiger partial charge in [0, 0.05) is 18.5 Å². The van der Waals surface area contributed by atoms with Crippen molar-refractivity contribution in [2.24, 2.45) is 11.8 Å². The van der Waals surface area contributed by atoms with Crippen LogP contribution in [0.2, 0.25) is 0 Å². The van der Waals surface area contributed by atoms with Gasteiger partial charge in [0.15, 0.2) is 0 Å². The molecule has 1 atom stereocenters. The van der Waals surface area contributed by atoms with Crippen molar-refractivity contribution < 1.29 is 19.1 Å². The van der Waals surface area contributed by atoms with E-state index in [1.807, 2.05) is 13.8 Å². The van der Waals surface area contributed by atoms with E-state index in [1.54, 1.807) is 6.92 Å². The highest BCUT2D eigenvalue weighted by atomic mass is 19.1. The SMILES string of the molecule is Cc1cc(C(=O)NCC(CC(=O)O)CC(C)C)ccc1F. The molecule has 0 bridgehead atoms. The number of aliphatic carboxylic acids is 1. The van der Waals surface area contributed by atoms with E-state index in [-0.39, 0.29) is 24.1 Å². The summed E-state index contributed by atoms with van der Waals surface area (Å²) in [5, 5.41) is 11.6. The predicted molar refractivity (Wildman–Crippen MR) is 78.7 cm³/mol. The average molecular weight is 295 g/mol. The first-order valence-corrected chi connectivity index (χ1v) is 7.05. The number of amides is 1. The van der Waals surface area contributed by atoms with E-state index in [2.05, 4.69) is 5.32 Å². The van der Waals surface area contributed by atoms with Crippen molar-refractivity contribution in [3.05, 3.63) is 35.1 Å². The molecule has 116 valence electrons. The zero-order valence-corrected chi connectivity index (χ0v) is 12.6. The topological polar surface area (TPSA) is 66.4 Å². The van der Waals surface area contributed by atoms with Crippen LogP contribution < -0.4 is 5.32 Å². The molecular weight excluding hydrogens is 273 g/mol. The Morgan fingerprint density at radius 2 is 2.00 bits per heavy atom. The van der Waals surface area contributed by atoms with E-state index < -0.39 is 5.97 Å². The number of nitrogens with one attached hydrogen (secondary N) is 1. The summed E-state index contributed by atoms with van der Waals surface area (Å²) in [6, 6.07) is 4.17. The minimum Gasteiger partial charge on any atom is -0.481 e. The number of hydrogen-bond acceptors (Lipinski definition) is 2. The first-order valence-electron chi connectivity index (χ1n) is 7.05. The summed E-state index contributed by atoms with van der Waals surface area (Å²) in [4.78, 5) is 22.8. The number of carbonyl (C=O) groups is 2. The van der Waals surface area contributed by atoms with Crippen LogP contribution in [0.5, 0.6) is 0 Å². The Bertz CT molecular complexity index is 514. The third-order valence-electron chi connectivity index (χ3n) is 3.24. The van der Waals surface area contributed by atoms with Crippen molar-refractivity contribution in [2.45, 2.75) is 33.6 Å². The molecule has 1 unspecified atom stereocenters. The Labute approximate surface area is 124 Å². The lowest BCUT2D eigenvalue weighted by atomic mass is 9.94. The van der Waals surface area contributed by atoms with Crippen molar-refractivity contribution >= 4 is 11.9 Å². The molecule has 1 aromatic rings. The molecule has 0 heterocycles. The number of hydrogen-bond donors (Lipinski definition) is 2. The normalized spacial score (nSPS) is 12.2. The van der Waals surface area contributed by atoms with Gasteiger partial charge in [-0.15, -0.1) is 0 Å². The van der Waals surface area contributed by atoms with Gasteiger partial charge in [0.1, 0.15) is 5.82 Å². The van der Waals surface area contributed by atoms with Crippen LogP contribution in [0.1, 0.15) is 42.6 Å². The van der Waals surface area contributed by atoms with Gasteiger partial charge in [-0.05, 0) is 48.9 Å². The minimum atomic E-state index is -0.868. The van der Waals surface area contributed by atoms with Gasteiger partial charge in [0.25, 0.3) is 5.91 Å². The number of aryl methyl sites for hydroxylation is 1. The maximum Gasteiger partial charge on any atom is 0.303 e. The lowest BCUT2D eigenvalue weighted by Gasteiger charge is -2.17. The van der Waals surface area contributed by atoms with Gasteiger partial charge in [-0.3, -0.25) is 9.59 Å². The van der Waals surface area contributed by atoms with Gasteiger partial charge in [-0.2, -0.15) is 0 Å². The van der Waals surface area contributed by atoms with Crippen LogP contribution in [0, 0.1) is 24.6 Å². The highest BCUT2D eigenvalue weighted by Gasteiger charge is 2.16. The van der Waals surface area contributed by atoms with Crippen LogP contribution in [-0.2, 0) is 4.79 Å². The molecule has 0 fully saturated rings. The van der Waals surface area contributed by atoms with Crippen molar-refractivity contribution in [1.82, 2.24) is 5.32 Å². The molecule has 4 nitrogen and oxygen atoms in total. The van der Waals surface area contributed by atoms with E-state index >= 15 is 0 Å². The molecule has 0 radical (unpaired) electrons. The first-order chi connectivity index (χ1) is 9.79. The molecule has 21 heavy (non-hydrogen) atoms. The number of rotatable bonds is 7. The first kappa shape index (κ1) is 17.1. The average Bonchev–Trinajstić information content (AvgIpc) is 2.37. The molecule has 0 aliphatic heterocycles. The molecule has 1 amide bonds. The van der Waals surface area contributed by atoms with Crippen LogP contribution in [-0.4, -0.2) is 23.5 Å². The Kier molecular flexibility index (Phi) is 6.34. The monoisotopic (exact) mass is 295 g/mol. The minimum absolute atomic E-state index is 0.0287. The fraction of sp³-hybridized carbons (Fsp3) is 0.500. The molecule has 0 aliphatic rings. The molecule has 5 heteroatoms. The maximum atomic E-state index is 13.2. The summed E-state index contributed by atoms with van der Waals surface area (Å²) in [5.41, 5.74) is 0.791. The fourth-order valence-corrected chi connectivity index (χ4v) is 2.28. The highest BCUT2D eigenvalue weighted by molar-refractivity contribution is 5.94. The van der Waals surface area contributed by atoms with E-state index in [9.17, 15) is 14.0 Å². The molecule has 0 saturated carbocycles. The number of carboxylic acid groups (broad SMARTS) is 1. The molecule has 0 saturated heterocycles. The fourth-order valence-electron chi connectivity index (χ4n) is 2.28. The van der Waals surface area contributed by atoms with Crippen LogP contribution >= 0.6 is 0 Å². The van der Waals surface area contributed by atoms with Crippen LogP contribution in [0.25, 0.3) is 0 Å². The van der Waals surface area contributed by atoms with Gasteiger partial charge in [-0.25, -0.2) is 4.39 Å². The number of halogens is 1. The molecule has 0 aliphatic carbocycles. The largest absolute Gasteiger partial charge is 0.481 e. The molecule has 2 N–H and O–H groups in total. The number of carboxylic acids is 1. The lowest BCUT2D eigenvalue weighted by molar-refractivity contribution is -0.138. The van der Waals surface area contributed by atoms with Gasteiger partial charge in [-0.1, -0.05) is 13.8 Å². The summed E-state index contributed by atoms with van der Waals surface area (Å²) >= 11 is 0. The van der Waals surface area contributed by atoms with Crippen molar-refractivity contribution in [2.75, 3.05) is 6.54 Å². The standard InChI is InChI=1S/C16H22FNO3/c1-10(2)6-12(8-15(19)20)9-18-16(21)13-4-5-14(17)11(3)7-13/h4-5,7,10,12H,6,8-9H2,1-3H3,(H,18,21)(H,19,20). The predicted octanol–water partition coefficient (Wildman–Crippen LogP) is 3.00. The molecule has 0 aromatic heterocycles. The molecule has 1 aromatic carbocycles. The summed E-state index contributed by atoms with van der Waals surface area (Å²) in [5.74, 6) is -1.27. The summed E-state index contributed by atoms with van der Waals surface area (Å²) in [7, 11) is 0. The Balaban J connectivity index is 2.63. The summed E-state index contributed by atoms with van der Waals surface area (Å²) < 4.78 is 13.2. The lowest BCUT2D eigenvalue weighted by Crippen LogP contribution is -2.31. The Morgan fingerprint density at radius 1 is 1.33 bits per heavy atom. The Morgan fingerprint density at radius 3 is 2.52 bits per heavy atom. The van der Waals surface area contributed by atoms with Gasteiger partial charge in [0.05, 0.1) is 0 Å². The molecule has 0 spiro atoms. The summed E-state index contributed by atoms with van der Waals surface area (Å²) in [6.07, 6.45) is 0.760. The van der Waals surface area contributed by atoms with Gasteiger partial charge < -0.3 is 10.4 Å². The molecule has 1 rings (SSSR count). The van der Waals surface area contributed by atoms with Crippen molar-refractivity contribution in [1.29, 1.82) is 0 Å². The summed E-state index contributed by atoms with van der Waals surface area (Å²) in [6.45, 7) is 5.93. The smallest absolute Gasteiger partial charge is 0.303 e. The van der Waals surface area contributed by atoms with Crippen LogP contribution in [0.15, 0.2) is 18.2 Å². The highest BCUT2D eigenvalue weighted by Crippen LogP contribution is 2.15. The van der Waals surface area contributed by atoms with E-state index in [4.69, 9.17) is 5.11 Å². The van der Waals surface area contributed by atoms with Gasteiger partial charge >= 0.3 is 5.97 Å². The van der Waals surface area contributed by atoms with Crippen LogP contribution in [0.3, 0.4) is 0 Å². The number of benzene rings is 1. The zero-order chi connectivity index (χ0) is 16.0. The third kappa shape index (κ3) is 5.94. The van der Waals surface area contributed by atoms with Crippen molar-refractivity contribution in [3.8, 4) is 0 Å². The van der Waals surface area contributed by atoms with E-state index in [0.29, 0.717) is 23.6 Å². The van der Waals surface area contributed by atoms with E-state index in [0.717, 1.165) is 6.42 Å². The van der Waals surface area contributed by atoms with Crippen LogP contribution in [0.4, 0.5) is 4.39 Å². The maximum absolute atomic E-state index is 13.2.